The zero-order valence-corrected chi connectivity index (χ0v) is 12.7. The van der Waals surface area contributed by atoms with Crippen LogP contribution >= 0.6 is 0 Å². The number of nitrogens with zero attached hydrogens (tertiary/aromatic N) is 2. The minimum Gasteiger partial charge on any atom is -0.336 e. The molecule has 0 aromatic heterocycles. The molecule has 0 unspecified atom stereocenters. The Balaban J connectivity index is 2.05. The van der Waals surface area contributed by atoms with Crippen LogP contribution in [0, 0.1) is 12.7 Å². The second kappa shape index (κ2) is 5.52. The van der Waals surface area contributed by atoms with Crippen molar-refractivity contribution in [3.8, 4) is 0 Å². The Morgan fingerprint density at radius 1 is 1.15 bits per heavy atom. The average Bonchev–Trinajstić information content (AvgIpc) is 2.37. The smallest absolute Gasteiger partial charge is 0.256 e. The molecular formula is C16H23FN2O. The zero-order chi connectivity index (χ0) is 14.9. The second-order valence-corrected chi connectivity index (χ2v) is 6.43. The number of benzene rings is 1. The SMILES string of the molecule is Cc1ccc(C(=O)N2CCN(C(C)(C)C)CC2)c(F)c1. The summed E-state index contributed by atoms with van der Waals surface area (Å²) >= 11 is 0. The molecule has 0 N–H and O–H groups in total. The van der Waals surface area contributed by atoms with Crippen LogP contribution in [0.15, 0.2) is 18.2 Å². The van der Waals surface area contributed by atoms with Gasteiger partial charge < -0.3 is 4.90 Å². The third-order valence-corrected chi connectivity index (χ3v) is 3.87. The van der Waals surface area contributed by atoms with Crippen LogP contribution in [0.3, 0.4) is 0 Å². The van der Waals surface area contributed by atoms with E-state index in [0.29, 0.717) is 13.1 Å². The summed E-state index contributed by atoms with van der Waals surface area (Å²) in [6, 6.07) is 4.78. The summed E-state index contributed by atoms with van der Waals surface area (Å²) in [4.78, 5) is 16.5. The normalized spacial score (nSPS) is 17.4. The van der Waals surface area contributed by atoms with Gasteiger partial charge in [-0.2, -0.15) is 0 Å². The van der Waals surface area contributed by atoms with Gasteiger partial charge in [-0.05, 0) is 45.4 Å². The first-order valence-corrected chi connectivity index (χ1v) is 7.09. The van der Waals surface area contributed by atoms with Crippen molar-refractivity contribution in [2.45, 2.75) is 33.2 Å². The van der Waals surface area contributed by atoms with Crippen LogP contribution in [0.5, 0.6) is 0 Å². The quantitative estimate of drug-likeness (QED) is 0.788. The molecule has 4 heteroatoms. The summed E-state index contributed by atoms with van der Waals surface area (Å²) in [7, 11) is 0. The molecule has 1 saturated heterocycles. The maximum absolute atomic E-state index is 13.9. The van der Waals surface area contributed by atoms with Crippen LogP contribution in [0.4, 0.5) is 4.39 Å². The Morgan fingerprint density at radius 3 is 2.25 bits per heavy atom. The Labute approximate surface area is 120 Å². The summed E-state index contributed by atoms with van der Waals surface area (Å²) in [6.07, 6.45) is 0. The van der Waals surface area contributed by atoms with Crippen LogP contribution in [0.25, 0.3) is 0 Å². The van der Waals surface area contributed by atoms with E-state index < -0.39 is 5.82 Å². The summed E-state index contributed by atoms with van der Waals surface area (Å²) < 4.78 is 13.9. The van der Waals surface area contributed by atoms with Crippen LogP contribution in [-0.4, -0.2) is 47.4 Å². The lowest BCUT2D eigenvalue weighted by Gasteiger charge is -2.42. The molecule has 0 saturated carbocycles. The number of carbonyl (C=O) groups excluding carboxylic acids is 1. The highest BCUT2D eigenvalue weighted by Gasteiger charge is 2.28. The van der Waals surface area contributed by atoms with Gasteiger partial charge in [0.2, 0.25) is 0 Å². The number of hydrogen-bond donors (Lipinski definition) is 0. The van der Waals surface area contributed by atoms with Crippen molar-refractivity contribution in [1.82, 2.24) is 9.80 Å². The maximum Gasteiger partial charge on any atom is 0.256 e. The van der Waals surface area contributed by atoms with E-state index >= 15 is 0 Å². The van der Waals surface area contributed by atoms with Gasteiger partial charge in [0.1, 0.15) is 5.82 Å². The van der Waals surface area contributed by atoms with Crippen molar-refractivity contribution in [2.24, 2.45) is 0 Å². The van der Waals surface area contributed by atoms with Gasteiger partial charge in [-0.3, -0.25) is 9.69 Å². The van der Waals surface area contributed by atoms with Gasteiger partial charge in [0.25, 0.3) is 5.91 Å². The topological polar surface area (TPSA) is 23.6 Å². The van der Waals surface area contributed by atoms with E-state index in [4.69, 9.17) is 0 Å². The van der Waals surface area contributed by atoms with Crippen molar-refractivity contribution < 1.29 is 9.18 Å². The fraction of sp³-hybridized carbons (Fsp3) is 0.562. The van der Waals surface area contributed by atoms with E-state index in [1.807, 2.05) is 6.92 Å². The van der Waals surface area contributed by atoms with Crippen molar-refractivity contribution in [1.29, 1.82) is 0 Å². The molecule has 20 heavy (non-hydrogen) atoms. The summed E-state index contributed by atoms with van der Waals surface area (Å²) in [5.74, 6) is -0.621. The lowest BCUT2D eigenvalue weighted by molar-refractivity contribution is 0.0447. The number of aryl methyl sites for hydroxylation is 1. The van der Waals surface area contributed by atoms with E-state index in [1.165, 1.54) is 6.07 Å². The molecule has 1 aromatic rings. The Hall–Kier alpha value is -1.42. The predicted octanol–water partition coefficient (Wildman–Crippen LogP) is 2.69. The largest absolute Gasteiger partial charge is 0.336 e. The van der Waals surface area contributed by atoms with E-state index in [1.54, 1.807) is 17.0 Å². The van der Waals surface area contributed by atoms with Gasteiger partial charge in [0, 0.05) is 31.7 Å². The monoisotopic (exact) mass is 278 g/mol. The maximum atomic E-state index is 13.9. The number of rotatable bonds is 1. The molecule has 0 aliphatic carbocycles. The van der Waals surface area contributed by atoms with Crippen molar-refractivity contribution >= 4 is 5.91 Å². The van der Waals surface area contributed by atoms with Crippen LogP contribution in [0.1, 0.15) is 36.7 Å². The number of carbonyl (C=O) groups is 1. The fourth-order valence-corrected chi connectivity index (χ4v) is 2.54. The number of amides is 1. The number of hydrogen-bond acceptors (Lipinski definition) is 2. The molecule has 1 aliphatic heterocycles. The summed E-state index contributed by atoms with van der Waals surface area (Å²) in [5.41, 5.74) is 1.13. The molecule has 2 rings (SSSR count). The van der Waals surface area contributed by atoms with E-state index in [0.717, 1.165) is 18.7 Å². The van der Waals surface area contributed by atoms with Crippen LogP contribution in [-0.2, 0) is 0 Å². The standard InChI is InChI=1S/C16H23FN2O/c1-12-5-6-13(14(17)11-12)15(20)18-7-9-19(10-8-18)16(2,3)4/h5-6,11H,7-10H2,1-4H3. The van der Waals surface area contributed by atoms with Crippen molar-refractivity contribution in [3.63, 3.8) is 0 Å². The van der Waals surface area contributed by atoms with E-state index in [2.05, 4.69) is 25.7 Å². The molecule has 3 nitrogen and oxygen atoms in total. The first-order chi connectivity index (χ1) is 9.29. The van der Waals surface area contributed by atoms with Gasteiger partial charge in [0.05, 0.1) is 5.56 Å². The molecule has 0 radical (unpaired) electrons. The number of piperazine rings is 1. The molecule has 1 heterocycles. The van der Waals surface area contributed by atoms with E-state index in [9.17, 15) is 9.18 Å². The van der Waals surface area contributed by atoms with Crippen molar-refractivity contribution in [2.75, 3.05) is 26.2 Å². The van der Waals surface area contributed by atoms with Gasteiger partial charge in [-0.15, -0.1) is 0 Å². The summed E-state index contributed by atoms with van der Waals surface area (Å²) in [5, 5.41) is 0. The van der Waals surface area contributed by atoms with Crippen molar-refractivity contribution in [3.05, 3.63) is 35.1 Å². The predicted molar refractivity (Wildman–Crippen MR) is 78.4 cm³/mol. The van der Waals surface area contributed by atoms with Gasteiger partial charge >= 0.3 is 0 Å². The third kappa shape index (κ3) is 3.18. The van der Waals surface area contributed by atoms with Crippen LogP contribution in [0.2, 0.25) is 0 Å². The Kier molecular flexibility index (Phi) is 4.14. The fourth-order valence-electron chi connectivity index (χ4n) is 2.54. The molecule has 110 valence electrons. The molecule has 0 spiro atoms. The summed E-state index contributed by atoms with van der Waals surface area (Å²) in [6.45, 7) is 11.3. The molecular weight excluding hydrogens is 255 g/mol. The van der Waals surface area contributed by atoms with Gasteiger partial charge in [0.15, 0.2) is 0 Å². The highest BCUT2D eigenvalue weighted by Crippen LogP contribution is 2.18. The highest BCUT2D eigenvalue weighted by molar-refractivity contribution is 5.94. The molecule has 0 atom stereocenters. The molecule has 0 bridgehead atoms. The van der Waals surface area contributed by atoms with Gasteiger partial charge in [-0.25, -0.2) is 4.39 Å². The lowest BCUT2D eigenvalue weighted by atomic mass is 10.0. The third-order valence-electron chi connectivity index (χ3n) is 3.87. The molecule has 1 amide bonds. The lowest BCUT2D eigenvalue weighted by Crippen LogP contribution is -2.54. The molecule has 1 fully saturated rings. The first kappa shape index (κ1) is 15.0. The molecule has 1 aliphatic rings. The average molecular weight is 278 g/mol. The second-order valence-electron chi connectivity index (χ2n) is 6.43. The number of halogens is 1. The zero-order valence-electron chi connectivity index (χ0n) is 12.7. The Morgan fingerprint density at radius 2 is 1.75 bits per heavy atom. The van der Waals surface area contributed by atoms with E-state index in [-0.39, 0.29) is 17.0 Å². The van der Waals surface area contributed by atoms with Gasteiger partial charge in [-0.1, -0.05) is 6.07 Å². The first-order valence-electron chi connectivity index (χ1n) is 7.09. The Bertz CT molecular complexity index is 500. The van der Waals surface area contributed by atoms with Crippen LogP contribution < -0.4 is 0 Å². The molecule has 1 aromatic carbocycles. The minimum absolute atomic E-state index is 0.115. The highest BCUT2D eigenvalue weighted by atomic mass is 19.1. The minimum atomic E-state index is -0.423.